The van der Waals surface area contributed by atoms with Gasteiger partial charge in [-0.3, -0.25) is 4.90 Å². The molecule has 1 unspecified atom stereocenters. The topological polar surface area (TPSA) is 54.0 Å². The third kappa shape index (κ3) is 5.19. The molecule has 0 aromatic heterocycles. The summed E-state index contributed by atoms with van der Waals surface area (Å²) in [7, 11) is 1.66. The van der Waals surface area contributed by atoms with Crippen LogP contribution in [0.1, 0.15) is 12.8 Å². The third-order valence-corrected chi connectivity index (χ3v) is 3.82. The summed E-state index contributed by atoms with van der Waals surface area (Å²) >= 11 is 0. The van der Waals surface area contributed by atoms with E-state index < -0.39 is 0 Å². The number of hydrogen-bond acceptors (Lipinski definition) is 5. The maximum absolute atomic E-state index is 9.45. The van der Waals surface area contributed by atoms with Crippen LogP contribution in [-0.4, -0.2) is 62.6 Å². The van der Waals surface area contributed by atoms with Gasteiger partial charge in [-0.1, -0.05) is 0 Å². The number of nitrogens with one attached hydrogen (secondary N) is 1. The number of hydrogen-bond donors (Lipinski definition) is 2. The lowest BCUT2D eigenvalue weighted by molar-refractivity contribution is 0.125. The molecule has 0 radical (unpaired) electrons. The van der Waals surface area contributed by atoms with Gasteiger partial charge in [0, 0.05) is 19.1 Å². The van der Waals surface area contributed by atoms with E-state index in [2.05, 4.69) is 10.2 Å². The molecule has 1 atom stereocenters. The first-order chi connectivity index (χ1) is 10.3. The number of methoxy groups -OCH3 is 1. The zero-order valence-corrected chi connectivity index (χ0v) is 12.8. The molecule has 1 fully saturated rings. The van der Waals surface area contributed by atoms with E-state index in [1.807, 2.05) is 24.3 Å². The van der Waals surface area contributed by atoms with E-state index in [0.717, 1.165) is 50.5 Å². The average molecular weight is 294 g/mol. The first-order valence-corrected chi connectivity index (χ1v) is 7.66. The van der Waals surface area contributed by atoms with Gasteiger partial charge in [-0.05, 0) is 50.2 Å². The van der Waals surface area contributed by atoms with Crippen molar-refractivity contribution in [3.63, 3.8) is 0 Å². The summed E-state index contributed by atoms with van der Waals surface area (Å²) in [5.41, 5.74) is 0. The van der Waals surface area contributed by atoms with Gasteiger partial charge in [-0.25, -0.2) is 0 Å². The molecular formula is C16H26N2O3. The van der Waals surface area contributed by atoms with Crippen LogP contribution in [0.3, 0.4) is 0 Å². The van der Waals surface area contributed by atoms with Crippen LogP contribution in [0.15, 0.2) is 24.3 Å². The van der Waals surface area contributed by atoms with Crippen molar-refractivity contribution in [3.8, 4) is 11.5 Å². The summed E-state index contributed by atoms with van der Waals surface area (Å²) in [6.45, 7) is 4.82. The fourth-order valence-electron chi connectivity index (χ4n) is 2.59. The highest BCUT2D eigenvalue weighted by atomic mass is 16.5. The average Bonchev–Trinajstić information content (AvgIpc) is 2.77. The van der Waals surface area contributed by atoms with E-state index in [1.165, 1.54) is 0 Å². The maximum Gasteiger partial charge on any atom is 0.119 e. The highest BCUT2D eigenvalue weighted by Gasteiger charge is 2.19. The number of rotatable bonds is 7. The highest BCUT2D eigenvalue weighted by molar-refractivity contribution is 5.31. The van der Waals surface area contributed by atoms with Crippen LogP contribution in [0.5, 0.6) is 11.5 Å². The second kappa shape index (κ2) is 8.87. The standard InChI is InChI=1S/C16H26N2O3/c1-20-15-4-6-16(7-5-15)21-11-3-10-18-9-2-8-17-12-14(18)13-19/h4-7,14,17,19H,2-3,8-13H2,1H3. The van der Waals surface area contributed by atoms with Crippen molar-refractivity contribution in [2.24, 2.45) is 0 Å². The Morgan fingerprint density at radius 2 is 2.05 bits per heavy atom. The first kappa shape index (κ1) is 16.1. The minimum Gasteiger partial charge on any atom is -0.497 e. The van der Waals surface area contributed by atoms with Gasteiger partial charge in [0.1, 0.15) is 11.5 Å². The Balaban J connectivity index is 1.70. The fourth-order valence-corrected chi connectivity index (χ4v) is 2.59. The Morgan fingerprint density at radius 3 is 2.76 bits per heavy atom. The van der Waals surface area contributed by atoms with E-state index in [0.29, 0.717) is 6.61 Å². The smallest absolute Gasteiger partial charge is 0.119 e. The van der Waals surface area contributed by atoms with Gasteiger partial charge in [-0.15, -0.1) is 0 Å². The number of aliphatic hydroxyl groups excluding tert-OH is 1. The molecule has 1 aromatic carbocycles. The van der Waals surface area contributed by atoms with Crippen LogP contribution in [0.4, 0.5) is 0 Å². The lowest BCUT2D eigenvalue weighted by atomic mass is 10.2. The van der Waals surface area contributed by atoms with E-state index in [4.69, 9.17) is 9.47 Å². The van der Waals surface area contributed by atoms with Gasteiger partial charge < -0.3 is 19.9 Å². The number of benzene rings is 1. The van der Waals surface area contributed by atoms with Crippen LogP contribution in [0.2, 0.25) is 0 Å². The molecule has 118 valence electrons. The summed E-state index contributed by atoms with van der Waals surface area (Å²) in [4.78, 5) is 2.36. The first-order valence-electron chi connectivity index (χ1n) is 7.66. The largest absolute Gasteiger partial charge is 0.497 e. The Kier molecular flexibility index (Phi) is 6.79. The third-order valence-electron chi connectivity index (χ3n) is 3.82. The minimum atomic E-state index is 0.215. The molecule has 1 aromatic rings. The fraction of sp³-hybridized carbons (Fsp3) is 0.625. The Labute approximate surface area is 126 Å². The normalized spacial score (nSPS) is 20.0. The van der Waals surface area contributed by atoms with Gasteiger partial charge in [0.25, 0.3) is 0 Å². The van der Waals surface area contributed by atoms with Crippen molar-refractivity contribution < 1.29 is 14.6 Å². The van der Waals surface area contributed by atoms with Crippen LogP contribution in [-0.2, 0) is 0 Å². The van der Waals surface area contributed by atoms with Gasteiger partial charge in [0.15, 0.2) is 0 Å². The van der Waals surface area contributed by atoms with Crippen molar-refractivity contribution in [2.75, 3.05) is 46.5 Å². The molecule has 0 amide bonds. The number of aliphatic hydroxyl groups is 1. The van der Waals surface area contributed by atoms with Crippen molar-refractivity contribution in [1.82, 2.24) is 10.2 Å². The van der Waals surface area contributed by atoms with E-state index in [9.17, 15) is 5.11 Å². The molecule has 0 saturated carbocycles. The molecule has 2 N–H and O–H groups in total. The molecular weight excluding hydrogens is 268 g/mol. The van der Waals surface area contributed by atoms with Crippen molar-refractivity contribution in [3.05, 3.63) is 24.3 Å². The van der Waals surface area contributed by atoms with Crippen LogP contribution in [0, 0.1) is 0 Å². The zero-order chi connectivity index (χ0) is 14.9. The molecule has 0 spiro atoms. The Bertz CT molecular complexity index is 397. The molecule has 1 heterocycles. The summed E-state index contributed by atoms with van der Waals surface area (Å²) in [6.07, 6.45) is 2.10. The monoisotopic (exact) mass is 294 g/mol. The molecule has 1 aliphatic rings. The van der Waals surface area contributed by atoms with E-state index >= 15 is 0 Å². The summed E-state index contributed by atoms with van der Waals surface area (Å²) in [6, 6.07) is 7.87. The maximum atomic E-state index is 9.45. The van der Waals surface area contributed by atoms with Crippen molar-refractivity contribution in [1.29, 1.82) is 0 Å². The second-order valence-corrected chi connectivity index (χ2v) is 5.31. The molecule has 21 heavy (non-hydrogen) atoms. The Morgan fingerprint density at radius 1 is 1.29 bits per heavy atom. The van der Waals surface area contributed by atoms with Crippen LogP contribution >= 0.6 is 0 Å². The molecule has 5 nitrogen and oxygen atoms in total. The number of ether oxygens (including phenoxy) is 2. The highest BCUT2D eigenvalue weighted by Crippen LogP contribution is 2.17. The molecule has 5 heteroatoms. The van der Waals surface area contributed by atoms with Gasteiger partial charge in [0.2, 0.25) is 0 Å². The van der Waals surface area contributed by atoms with Gasteiger partial charge in [-0.2, -0.15) is 0 Å². The minimum absolute atomic E-state index is 0.215. The van der Waals surface area contributed by atoms with Gasteiger partial charge >= 0.3 is 0 Å². The van der Waals surface area contributed by atoms with E-state index in [1.54, 1.807) is 7.11 Å². The second-order valence-electron chi connectivity index (χ2n) is 5.31. The van der Waals surface area contributed by atoms with Crippen molar-refractivity contribution in [2.45, 2.75) is 18.9 Å². The molecule has 0 aliphatic carbocycles. The quantitative estimate of drug-likeness (QED) is 0.738. The SMILES string of the molecule is COc1ccc(OCCCN2CCCNCC2CO)cc1. The number of nitrogens with zero attached hydrogens (tertiary/aromatic N) is 1. The molecule has 0 bridgehead atoms. The lowest BCUT2D eigenvalue weighted by Crippen LogP contribution is -2.43. The van der Waals surface area contributed by atoms with Gasteiger partial charge in [0.05, 0.1) is 20.3 Å². The van der Waals surface area contributed by atoms with Crippen molar-refractivity contribution >= 4 is 0 Å². The van der Waals surface area contributed by atoms with Crippen LogP contribution < -0.4 is 14.8 Å². The zero-order valence-electron chi connectivity index (χ0n) is 12.8. The lowest BCUT2D eigenvalue weighted by Gasteiger charge is -2.27. The summed E-state index contributed by atoms with van der Waals surface area (Å²) in [5.74, 6) is 1.71. The van der Waals surface area contributed by atoms with Crippen LogP contribution in [0.25, 0.3) is 0 Å². The molecule has 1 saturated heterocycles. The predicted octanol–water partition coefficient (Wildman–Crippen LogP) is 1.12. The van der Waals surface area contributed by atoms with E-state index in [-0.39, 0.29) is 12.6 Å². The summed E-state index contributed by atoms with van der Waals surface area (Å²) < 4.78 is 10.9. The molecule has 1 aliphatic heterocycles. The summed E-state index contributed by atoms with van der Waals surface area (Å²) in [5, 5.41) is 12.8. The Hall–Kier alpha value is -1.30. The predicted molar refractivity (Wildman–Crippen MR) is 83.0 cm³/mol. The molecule has 2 rings (SSSR count).